The molecule has 3 rings (SSSR count). The van der Waals surface area contributed by atoms with Gasteiger partial charge in [0.25, 0.3) is 0 Å². The molecule has 3 nitrogen and oxygen atoms in total. The van der Waals surface area contributed by atoms with Crippen molar-refractivity contribution in [3.63, 3.8) is 0 Å². The standard InChI is InChI=1S/C19H21ClN2O/c1-13-9-14(2)11-17(10-13)22-18(23)21-12-19(7-8-19)15-3-5-16(20)6-4-15/h3-6,9-11H,7-8,12H2,1-2H3,(H2,21,22,23). The average molecular weight is 329 g/mol. The number of rotatable bonds is 4. The molecule has 0 unspecified atom stereocenters. The third kappa shape index (κ3) is 3.85. The Kier molecular flexibility index (Phi) is 4.31. The van der Waals surface area contributed by atoms with E-state index in [1.54, 1.807) is 0 Å². The molecule has 0 aromatic heterocycles. The predicted octanol–water partition coefficient (Wildman–Crippen LogP) is 4.81. The first-order valence-electron chi connectivity index (χ1n) is 7.86. The first kappa shape index (κ1) is 15.9. The number of halogens is 1. The van der Waals surface area contributed by atoms with Crippen molar-refractivity contribution >= 4 is 23.3 Å². The van der Waals surface area contributed by atoms with Gasteiger partial charge in [0.05, 0.1) is 0 Å². The van der Waals surface area contributed by atoms with Gasteiger partial charge in [0.15, 0.2) is 0 Å². The number of hydrogen-bond donors (Lipinski definition) is 2. The third-order valence-electron chi connectivity index (χ3n) is 4.38. The molecule has 2 amide bonds. The van der Waals surface area contributed by atoms with Crippen LogP contribution in [0.4, 0.5) is 10.5 Å². The summed E-state index contributed by atoms with van der Waals surface area (Å²) in [5, 5.41) is 6.66. The van der Waals surface area contributed by atoms with E-state index in [9.17, 15) is 4.79 Å². The lowest BCUT2D eigenvalue weighted by molar-refractivity contribution is 0.251. The molecular weight excluding hydrogens is 308 g/mol. The van der Waals surface area contributed by atoms with Crippen LogP contribution in [-0.2, 0) is 5.41 Å². The maximum atomic E-state index is 12.2. The Hall–Kier alpha value is -2.00. The molecule has 0 bridgehead atoms. The minimum absolute atomic E-state index is 0.0739. The Morgan fingerprint density at radius 2 is 1.70 bits per heavy atom. The van der Waals surface area contributed by atoms with E-state index < -0.39 is 0 Å². The van der Waals surface area contributed by atoms with E-state index in [1.807, 2.05) is 38.1 Å². The van der Waals surface area contributed by atoms with E-state index in [-0.39, 0.29) is 11.4 Å². The zero-order valence-electron chi connectivity index (χ0n) is 13.4. The van der Waals surface area contributed by atoms with Gasteiger partial charge in [-0.3, -0.25) is 0 Å². The summed E-state index contributed by atoms with van der Waals surface area (Å²) in [6, 6.07) is 13.8. The lowest BCUT2D eigenvalue weighted by atomic mass is 9.96. The van der Waals surface area contributed by atoms with Crippen molar-refractivity contribution in [3.05, 3.63) is 64.2 Å². The number of anilines is 1. The maximum absolute atomic E-state index is 12.2. The number of carbonyl (C=O) groups excluding carboxylic acids is 1. The Balaban J connectivity index is 1.59. The van der Waals surface area contributed by atoms with Gasteiger partial charge in [-0.15, -0.1) is 0 Å². The van der Waals surface area contributed by atoms with Crippen molar-refractivity contribution in [2.75, 3.05) is 11.9 Å². The summed E-state index contributed by atoms with van der Waals surface area (Å²) in [6.45, 7) is 4.69. The maximum Gasteiger partial charge on any atom is 0.319 e. The molecule has 0 radical (unpaired) electrons. The molecule has 1 fully saturated rings. The highest BCUT2D eigenvalue weighted by atomic mass is 35.5. The van der Waals surface area contributed by atoms with Gasteiger partial charge in [-0.1, -0.05) is 29.8 Å². The van der Waals surface area contributed by atoms with Crippen LogP contribution < -0.4 is 10.6 Å². The molecule has 0 spiro atoms. The smallest absolute Gasteiger partial charge is 0.319 e. The van der Waals surface area contributed by atoms with E-state index in [4.69, 9.17) is 11.6 Å². The van der Waals surface area contributed by atoms with Gasteiger partial charge in [0, 0.05) is 22.7 Å². The lowest BCUT2D eigenvalue weighted by Crippen LogP contribution is -2.35. The zero-order valence-corrected chi connectivity index (χ0v) is 14.2. The number of benzene rings is 2. The molecule has 0 atom stereocenters. The van der Waals surface area contributed by atoms with Gasteiger partial charge in [0.2, 0.25) is 0 Å². The summed E-state index contributed by atoms with van der Waals surface area (Å²) in [5.74, 6) is 0. The minimum Gasteiger partial charge on any atom is -0.337 e. The van der Waals surface area contributed by atoms with Crippen molar-refractivity contribution in [2.24, 2.45) is 0 Å². The summed E-state index contributed by atoms with van der Waals surface area (Å²) >= 11 is 5.95. The van der Waals surface area contributed by atoms with Crippen LogP contribution in [0.25, 0.3) is 0 Å². The van der Waals surface area contributed by atoms with Crippen LogP contribution in [0, 0.1) is 13.8 Å². The Morgan fingerprint density at radius 1 is 1.09 bits per heavy atom. The summed E-state index contributed by atoms with van der Waals surface area (Å²) in [7, 11) is 0. The zero-order chi connectivity index (χ0) is 16.4. The molecular formula is C19H21ClN2O. The highest BCUT2D eigenvalue weighted by Crippen LogP contribution is 2.47. The normalized spacial score (nSPS) is 15.1. The monoisotopic (exact) mass is 328 g/mol. The van der Waals surface area contributed by atoms with Crippen molar-refractivity contribution in [1.82, 2.24) is 5.32 Å². The number of nitrogens with one attached hydrogen (secondary N) is 2. The first-order valence-corrected chi connectivity index (χ1v) is 8.24. The van der Waals surface area contributed by atoms with E-state index in [0.717, 1.165) is 34.7 Å². The van der Waals surface area contributed by atoms with Crippen LogP contribution in [0.2, 0.25) is 5.02 Å². The lowest BCUT2D eigenvalue weighted by Gasteiger charge is -2.17. The third-order valence-corrected chi connectivity index (χ3v) is 4.63. The molecule has 0 saturated heterocycles. The fraction of sp³-hybridized carbons (Fsp3) is 0.316. The van der Waals surface area contributed by atoms with Gasteiger partial charge in [-0.25, -0.2) is 4.79 Å². The molecule has 1 aliphatic carbocycles. The van der Waals surface area contributed by atoms with E-state index >= 15 is 0 Å². The summed E-state index contributed by atoms with van der Waals surface area (Å²) in [6.07, 6.45) is 2.19. The molecule has 2 aromatic carbocycles. The second kappa shape index (κ2) is 6.25. The topological polar surface area (TPSA) is 41.1 Å². The van der Waals surface area contributed by atoms with Gasteiger partial charge in [-0.05, 0) is 67.6 Å². The molecule has 2 aromatic rings. The molecule has 1 saturated carbocycles. The molecule has 0 aliphatic heterocycles. The quantitative estimate of drug-likeness (QED) is 0.830. The number of carbonyl (C=O) groups is 1. The van der Waals surface area contributed by atoms with Crippen LogP contribution in [0.1, 0.15) is 29.5 Å². The van der Waals surface area contributed by atoms with E-state index in [1.165, 1.54) is 5.56 Å². The molecule has 4 heteroatoms. The van der Waals surface area contributed by atoms with E-state index in [0.29, 0.717) is 6.54 Å². The van der Waals surface area contributed by atoms with Crippen LogP contribution in [0.15, 0.2) is 42.5 Å². The van der Waals surface area contributed by atoms with Crippen molar-refractivity contribution in [3.8, 4) is 0 Å². The van der Waals surface area contributed by atoms with Gasteiger partial charge in [0.1, 0.15) is 0 Å². The Labute approximate surface area is 142 Å². The van der Waals surface area contributed by atoms with Crippen LogP contribution in [0.3, 0.4) is 0 Å². The van der Waals surface area contributed by atoms with Crippen LogP contribution in [0.5, 0.6) is 0 Å². The van der Waals surface area contributed by atoms with Crippen LogP contribution in [-0.4, -0.2) is 12.6 Å². The van der Waals surface area contributed by atoms with Crippen molar-refractivity contribution < 1.29 is 4.79 Å². The Bertz CT molecular complexity index is 700. The summed E-state index contributed by atoms with van der Waals surface area (Å²) in [5.41, 5.74) is 4.43. The predicted molar refractivity (Wildman–Crippen MR) is 95.3 cm³/mol. The first-order chi connectivity index (χ1) is 11.0. The second-order valence-electron chi connectivity index (χ2n) is 6.47. The van der Waals surface area contributed by atoms with Crippen molar-refractivity contribution in [2.45, 2.75) is 32.1 Å². The number of aryl methyl sites for hydroxylation is 2. The molecule has 0 heterocycles. The largest absolute Gasteiger partial charge is 0.337 e. The van der Waals surface area contributed by atoms with Crippen LogP contribution >= 0.6 is 11.6 Å². The summed E-state index contributed by atoms with van der Waals surface area (Å²) < 4.78 is 0. The molecule has 23 heavy (non-hydrogen) atoms. The van der Waals surface area contributed by atoms with Gasteiger partial charge in [-0.2, -0.15) is 0 Å². The number of urea groups is 1. The minimum atomic E-state index is -0.157. The van der Waals surface area contributed by atoms with Gasteiger partial charge < -0.3 is 10.6 Å². The van der Waals surface area contributed by atoms with E-state index in [2.05, 4.69) is 28.8 Å². The SMILES string of the molecule is Cc1cc(C)cc(NC(=O)NCC2(c3ccc(Cl)cc3)CC2)c1. The number of hydrogen-bond acceptors (Lipinski definition) is 1. The Morgan fingerprint density at radius 3 is 2.26 bits per heavy atom. The molecule has 120 valence electrons. The fourth-order valence-electron chi connectivity index (χ4n) is 2.99. The van der Waals surface area contributed by atoms with Crippen molar-refractivity contribution in [1.29, 1.82) is 0 Å². The average Bonchev–Trinajstić information content (AvgIpc) is 3.26. The molecule has 1 aliphatic rings. The summed E-state index contributed by atoms with van der Waals surface area (Å²) in [4.78, 5) is 12.2. The fourth-order valence-corrected chi connectivity index (χ4v) is 3.12. The number of amides is 2. The highest BCUT2D eigenvalue weighted by molar-refractivity contribution is 6.30. The second-order valence-corrected chi connectivity index (χ2v) is 6.91. The highest BCUT2D eigenvalue weighted by Gasteiger charge is 2.44. The van der Waals surface area contributed by atoms with Gasteiger partial charge >= 0.3 is 6.03 Å². The molecule has 2 N–H and O–H groups in total.